The maximum absolute atomic E-state index is 12.7. The first kappa shape index (κ1) is 20.2. The molecule has 9 heteroatoms. The van der Waals surface area contributed by atoms with Crippen LogP contribution in [0.1, 0.15) is 17.4 Å². The fourth-order valence-corrected chi connectivity index (χ4v) is 3.10. The van der Waals surface area contributed by atoms with Gasteiger partial charge in [0.1, 0.15) is 0 Å². The van der Waals surface area contributed by atoms with Gasteiger partial charge in [-0.05, 0) is 38.1 Å². The molecular weight excluding hydrogens is 367 g/mol. The van der Waals surface area contributed by atoms with Crippen LogP contribution in [0, 0.1) is 6.92 Å². The highest BCUT2D eigenvalue weighted by Gasteiger charge is 2.30. The first-order valence-corrected chi connectivity index (χ1v) is 8.77. The number of benzene rings is 1. The Balaban J connectivity index is 2.36. The smallest absolute Gasteiger partial charge is 0.383 e. The summed E-state index contributed by atoms with van der Waals surface area (Å²) >= 11 is 1.29. The largest absolute Gasteiger partial charge is 0.416 e. The molecule has 0 aliphatic rings. The minimum atomic E-state index is -4.39. The lowest BCUT2D eigenvalue weighted by Gasteiger charge is -2.17. The third-order valence-electron chi connectivity index (χ3n) is 3.65. The standard InChI is InChI=1S/C17H20F3N3O2S/c1-4-22(9-10-25-3)15(24)21-16-23(11-12(2)26-16)14-7-5-13(6-8-14)17(18,19)20/h5-8,11H,4,9-10H2,1-3H3/b21-16-. The quantitative estimate of drug-likeness (QED) is 0.782. The van der Waals surface area contributed by atoms with E-state index in [1.165, 1.54) is 28.4 Å². The summed E-state index contributed by atoms with van der Waals surface area (Å²) in [6.07, 6.45) is -2.65. The molecule has 2 rings (SSSR count). The Morgan fingerprint density at radius 1 is 1.31 bits per heavy atom. The van der Waals surface area contributed by atoms with E-state index in [2.05, 4.69) is 4.99 Å². The van der Waals surface area contributed by atoms with Crippen molar-refractivity contribution in [1.29, 1.82) is 0 Å². The molecule has 2 aromatic rings. The van der Waals surface area contributed by atoms with Gasteiger partial charge in [0.05, 0.1) is 12.2 Å². The summed E-state index contributed by atoms with van der Waals surface area (Å²) in [6.45, 7) is 4.98. The Morgan fingerprint density at radius 3 is 2.50 bits per heavy atom. The lowest BCUT2D eigenvalue weighted by atomic mass is 10.2. The summed E-state index contributed by atoms with van der Waals surface area (Å²) in [7, 11) is 1.55. The van der Waals surface area contributed by atoms with Gasteiger partial charge in [-0.2, -0.15) is 18.2 Å². The summed E-state index contributed by atoms with van der Waals surface area (Å²) in [5, 5.41) is 0. The SMILES string of the molecule is CCN(CCOC)C(=O)/N=c1\sc(C)cn1-c1ccc(C(F)(F)F)cc1. The number of rotatable bonds is 5. The Kier molecular flexibility index (Phi) is 6.60. The molecule has 1 aromatic carbocycles. The van der Waals surface area contributed by atoms with Gasteiger partial charge in [0.2, 0.25) is 0 Å². The molecule has 0 fully saturated rings. The molecule has 2 amide bonds. The second kappa shape index (κ2) is 8.50. The third kappa shape index (κ3) is 4.95. The molecule has 1 aromatic heterocycles. The minimum Gasteiger partial charge on any atom is -0.383 e. The minimum absolute atomic E-state index is 0.400. The first-order chi connectivity index (χ1) is 12.3. The predicted molar refractivity (Wildman–Crippen MR) is 93.5 cm³/mol. The van der Waals surface area contributed by atoms with E-state index in [0.29, 0.717) is 30.2 Å². The fraction of sp³-hybridized carbons (Fsp3) is 0.412. The number of carbonyl (C=O) groups is 1. The Morgan fingerprint density at radius 2 is 1.96 bits per heavy atom. The average Bonchev–Trinajstić information content (AvgIpc) is 2.95. The van der Waals surface area contributed by atoms with Crippen LogP contribution in [-0.2, 0) is 10.9 Å². The van der Waals surface area contributed by atoms with E-state index in [9.17, 15) is 18.0 Å². The van der Waals surface area contributed by atoms with Crippen LogP contribution >= 0.6 is 11.3 Å². The summed E-state index contributed by atoms with van der Waals surface area (Å²) in [5.74, 6) is 0. The van der Waals surface area contributed by atoms with Crippen molar-refractivity contribution in [3.8, 4) is 5.69 Å². The van der Waals surface area contributed by atoms with Crippen molar-refractivity contribution in [2.24, 2.45) is 4.99 Å². The number of hydrogen-bond acceptors (Lipinski definition) is 3. The Bertz CT molecular complexity index is 810. The van der Waals surface area contributed by atoms with Crippen LogP contribution in [-0.4, -0.2) is 42.3 Å². The highest BCUT2D eigenvalue weighted by molar-refractivity contribution is 7.09. The molecular formula is C17H20F3N3O2S. The van der Waals surface area contributed by atoms with E-state index in [0.717, 1.165) is 17.0 Å². The number of amides is 2. The number of hydrogen-bond donors (Lipinski definition) is 0. The molecule has 5 nitrogen and oxygen atoms in total. The molecule has 142 valence electrons. The van der Waals surface area contributed by atoms with E-state index in [1.54, 1.807) is 17.9 Å². The van der Waals surface area contributed by atoms with Crippen LogP contribution in [0.15, 0.2) is 35.5 Å². The number of ether oxygens (including phenoxy) is 1. The van der Waals surface area contributed by atoms with Gasteiger partial charge in [-0.15, -0.1) is 11.3 Å². The van der Waals surface area contributed by atoms with Gasteiger partial charge in [-0.1, -0.05) is 0 Å². The second-order valence-corrected chi connectivity index (χ2v) is 6.72. The number of aryl methyl sites for hydroxylation is 1. The van der Waals surface area contributed by atoms with Crippen molar-refractivity contribution in [3.63, 3.8) is 0 Å². The van der Waals surface area contributed by atoms with Crippen molar-refractivity contribution < 1.29 is 22.7 Å². The average molecular weight is 387 g/mol. The molecule has 0 spiro atoms. The summed E-state index contributed by atoms with van der Waals surface area (Å²) in [5.41, 5.74) is -0.214. The molecule has 0 unspecified atom stereocenters. The number of alkyl halides is 3. The zero-order valence-electron chi connectivity index (χ0n) is 14.7. The van der Waals surface area contributed by atoms with Gasteiger partial charge >= 0.3 is 12.2 Å². The van der Waals surface area contributed by atoms with Crippen LogP contribution in [0.4, 0.5) is 18.0 Å². The number of halogens is 3. The number of urea groups is 1. The number of nitrogens with zero attached hydrogens (tertiary/aromatic N) is 3. The lowest BCUT2D eigenvalue weighted by Crippen LogP contribution is -2.33. The predicted octanol–water partition coefficient (Wildman–Crippen LogP) is 3.86. The topological polar surface area (TPSA) is 46.8 Å². The Labute approximate surface area is 153 Å². The molecule has 1 heterocycles. The normalized spacial score (nSPS) is 12.5. The van der Waals surface area contributed by atoms with Crippen LogP contribution in [0.5, 0.6) is 0 Å². The molecule has 0 bridgehead atoms. The number of carbonyl (C=O) groups excluding carboxylic acids is 1. The van der Waals surface area contributed by atoms with Crippen molar-refractivity contribution in [1.82, 2.24) is 9.47 Å². The van der Waals surface area contributed by atoms with Crippen molar-refractivity contribution in [3.05, 3.63) is 45.7 Å². The molecule has 0 saturated carbocycles. The molecule has 26 heavy (non-hydrogen) atoms. The van der Waals surface area contributed by atoms with Crippen LogP contribution < -0.4 is 4.80 Å². The lowest BCUT2D eigenvalue weighted by molar-refractivity contribution is -0.137. The van der Waals surface area contributed by atoms with Gasteiger partial charge < -0.3 is 9.64 Å². The van der Waals surface area contributed by atoms with Gasteiger partial charge in [0.15, 0.2) is 4.80 Å². The molecule has 0 saturated heterocycles. The van der Waals surface area contributed by atoms with Gasteiger partial charge in [0, 0.05) is 37.0 Å². The molecule has 0 atom stereocenters. The van der Waals surface area contributed by atoms with E-state index < -0.39 is 17.8 Å². The summed E-state index contributed by atoms with van der Waals surface area (Å²) in [6, 6.07) is 4.34. The van der Waals surface area contributed by atoms with Gasteiger partial charge in [0.25, 0.3) is 0 Å². The monoisotopic (exact) mass is 387 g/mol. The third-order valence-corrected chi connectivity index (χ3v) is 4.55. The number of methoxy groups -OCH3 is 1. The van der Waals surface area contributed by atoms with Crippen LogP contribution in [0.25, 0.3) is 5.69 Å². The van der Waals surface area contributed by atoms with E-state index in [1.807, 2.05) is 13.8 Å². The molecule has 0 aliphatic heterocycles. The van der Waals surface area contributed by atoms with Gasteiger partial charge in [-0.25, -0.2) is 4.79 Å². The molecule has 0 N–H and O–H groups in total. The van der Waals surface area contributed by atoms with Crippen molar-refractivity contribution >= 4 is 17.4 Å². The van der Waals surface area contributed by atoms with Crippen LogP contribution in [0.2, 0.25) is 0 Å². The second-order valence-electron chi connectivity index (χ2n) is 5.51. The van der Waals surface area contributed by atoms with E-state index in [4.69, 9.17) is 4.74 Å². The highest BCUT2D eigenvalue weighted by Crippen LogP contribution is 2.29. The maximum Gasteiger partial charge on any atom is 0.416 e. The first-order valence-electron chi connectivity index (χ1n) is 7.95. The van der Waals surface area contributed by atoms with Crippen molar-refractivity contribution in [2.45, 2.75) is 20.0 Å². The zero-order valence-corrected chi connectivity index (χ0v) is 15.5. The fourth-order valence-electron chi connectivity index (χ4n) is 2.27. The summed E-state index contributed by atoms with van der Waals surface area (Å²) < 4.78 is 44.8. The molecule has 0 aliphatic carbocycles. The van der Waals surface area contributed by atoms with E-state index >= 15 is 0 Å². The number of thiazole rings is 1. The summed E-state index contributed by atoms with van der Waals surface area (Å²) in [4.78, 5) is 19.3. The maximum atomic E-state index is 12.7. The van der Waals surface area contributed by atoms with E-state index in [-0.39, 0.29) is 0 Å². The molecule has 0 radical (unpaired) electrons. The van der Waals surface area contributed by atoms with Crippen molar-refractivity contribution in [2.75, 3.05) is 26.8 Å². The number of likely N-dealkylation sites (N-methyl/N-ethyl adjacent to an activating group) is 1. The Hall–Kier alpha value is -2.13. The number of aromatic nitrogens is 1. The highest BCUT2D eigenvalue weighted by atomic mass is 32.1. The van der Waals surface area contributed by atoms with Gasteiger partial charge in [-0.3, -0.25) is 4.57 Å². The van der Waals surface area contributed by atoms with Crippen LogP contribution in [0.3, 0.4) is 0 Å². The zero-order chi connectivity index (χ0) is 19.3.